The second-order valence-corrected chi connectivity index (χ2v) is 16.3. The van der Waals surface area contributed by atoms with Crippen molar-refractivity contribution in [1.82, 2.24) is 4.90 Å². The number of ether oxygens (including phenoxy) is 7. The van der Waals surface area contributed by atoms with Crippen molar-refractivity contribution in [3.05, 3.63) is 106 Å². The minimum Gasteiger partial charge on any atom is -0.504 e. The van der Waals surface area contributed by atoms with Crippen LogP contribution in [0.15, 0.2) is 73.0 Å². The second-order valence-electron chi connectivity index (χ2n) is 15.9. The summed E-state index contributed by atoms with van der Waals surface area (Å²) in [5, 5.41) is 36.9. The molecule has 3 aromatic carbocycles. The van der Waals surface area contributed by atoms with E-state index in [1.54, 1.807) is 69.3 Å². The molecule has 0 spiro atoms. The zero-order valence-electron chi connectivity index (χ0n) is 33.3. The van der Waals surface area contributed by atoms with Gasteiger partial charge in [-0.3, -0.25) is 9.59 Å². The van der Waals surface area contributed by atoms with Crippen molar-refractivity contribution in [2.45, 2.75) is 74.3 Å². The maximum absolute atomic E-state index is 14.1. The molecule has 1 saturated heterocycles. The summed E-state index contributed by atoms with van der Waals surface area (Å²) in [7, 11) is 4.94. The lowest BCUT2D eigenvalue weighted by molar-refractivity contribution is -0.329. The van der Waals surface area contributed by atoms with Crippen LogP contribution in [0, 0.1) is 0 Å². The van der Waals surface area contributed by atoms with Crippen LogP contribution in [0.4, 0.5) is 5.69 Å². The van der Waals surface area contributed by atoms with Gasteiger partial charge in [-0.1, -0.05) is 42.5 Å². The predicted molar refractivity (Wildman–Crippen MR) is 214 cm³/mol. The van der Waals surface area contributed by atoms with Crippen molar-refractivity contribution in [3.8, 4) is 23.0 Å². The zero-order valence-corrected chi connectivity index (χ0v) is 34.0. The number of carbonyl (C=O) groups excluding carboxylic acids is 3. The van der Waals surface area contributed by atoms with Gasteiger partial charge in [-0.05, 0) is 80.5 Å². The highest BCUT2D eigenvalue weighted by Gasteiger charge is 2.58. The summed E-state index contributed by atoms with van der Waals surface area (Å²) in [6.07, 6.45) is -1.61. The van der Waals surface area contributed by atoms with Crippen molar-refractivity contribution in [2.24, 2.45) is 5.73 Å². The van der Waals surface area contributed by atoms with Crippen molar-refractivity contribution in [1.29, 1.82) is 0 Å². The molecule has 11 rings (SSSR count). The van der Waals surface area contributed by atoms with E-state index in [1.807, 2.05) is 0 Å². The first-order chi connectivity index (χ1) is 28.4. The SMILES string of the molecule is C=C1Oc2cc(OC)cc(C(=O)O[C@H]3COC(=O)C[C@@H](N)c4cc(O)c(c(Cl)c4)O[C@H]4c5ccc3cc5C3=CC=C[C@]34O[C@@H]3OC(C)(C)[C@@H](N(C)C)[C@H](O)[C@H]3O)c2NC1=O. The third-order valence-electron chi connectivity index (χ3n) is 11.4. The highest BCUT2D eigenvalue weighted by Crippen LogP contribution is 2.58. The number of carbonyl (C=O) groups is 3. The molecule has 6 heterocycles. The Balaban J connectivity index is 1.23. The molecule has 16 nitrogen and oxygen atoms in total. The fourth-order valence-electron chi connectivity index (χ4n) is 8.63. The Bertz CT molecular complexity index is 2360. The van der Waals surface area contributed by atoms with Gasteiger partial charge in [0.25, 0.3) is 5.91 Å². The van der Waals surface area contributed by atoms with E-state index in [0.29, 0.717) is 27.8 Å². The highest BCUT2D eigenvalue weighted by atomic mass is 35.5. The normalized spacial score (nSPS) is 28.9. The largest absolute Gasteiger partial charge is 0.504 e. The van der Waals surface area contributed by atoms with Crippen LogP contribution in [-0.4, -0.2) is 102 Å². The van der Waals surface area contributed by atoms with Gasteiger partial charge in [0.15, 0.2) is 47.1 Å². The van der Waals surface area contributed by atoms with Crippen molar-refractivity contribution in [2.75, 3.05) is 33.1 Å². The smallest absolute Gasteiger partial charge is 0.341 e. The maximum Gasteiger partial charge on any atom is 0.341 e. The van der Waals surface area contributed by atoms with Crippen LogP contribution in [0.5, 0.6) is 23.0 Å². The summed E-state index contributed by atoms with van der Waals surface area (Å²) < 4.78 is 42.6. The first-order valence-corrected chi connectivity index (χ1v) is 19.4. The van der Waals surface area contributed by atoms with Crippen LogP contribution in [0.1, 0.15) is 71.1 Å². The Kier molecular flexibility index (Phi) is 10.5. The van der Waals surface area contributed by atoms with Crippen LogP contribution >= 0.6 is 11.6 Å². The van der Waals surface area contributed by atoms with Gasteiger partial charge in [-0.25, -0.2) is 4.79 Å². The number of anilines is 1. The Morgan fingerprint density at radius 3 is 2.57 bits per heavy atom. The number of methoxy groups -OCH3 is 1. The molecule has 3 aromatic rings. The zero-order chi connectivity index (χ0) is 43.0. The van der Waals surface area contributed by atoms with E-state index < -0.39 is 78.4 Å². The van der Waals surface area contributed by atoms with E-state index in [0.717, 1.165) is 0 Å². The fraction of sp³-hybridized carbons (Fsp3) is 0.372. The lowest BCUT2D eigenvalue weighted by Gasteiger charge is -2.51. The molecule has 8 aliphatic rings. The molecule has 316 valence electrons. The number of benzene rings is 3. The summed E-state index contributed by atoms with van der Waals surface area (Å²) in [6, 6.07) is 9.16. The third kappa shape index (κ3) is 6.97. The number of hydrogen-bond acceptors (Lipinski definition) is 15. The maximum atomic E-state index is 14.1. The number of aliphatic hydroxyl groups excluding tert-OH is 2. The first-order valence-electron chi connectivity index (χ1n) is 19.1. The molecule has 0 aromatic heterocycles. The number of hydrogen-bond donors (Lipinski definition) is 5. The second kappa shape index (κ2) is 15.2. The predicted octanol–water partition coefficient (Wildman–Crippen LogP) is 4.37. The van der Waals surface area contributed by atoms with Crippen LogP contribution in [-0.2, 0) is 28.5 Å². The number of esters is 2. The van der Waals surface area contributed by atoms with E-state index >= 15 is 0 Å². The Morgan fingerprint density at radius 2 is 1.85 bits per heavy atom. The van der Waals surface area contributed by atoms with Gasteiger partial charge >= 0.3 is 11.9 Å². The van der Waals surface area contributed by atoms with E-state index in [9.17, 15) is 29.7 Å². The number of rotatable bonds is 6. The van der Waals surface area contributed by atoms with Gasteiger partial charge in [0.1, 0.15) is 24.6 Å². The topological polar surface area (TPSA) is 218 Å². The summed E-state index contributed by atoms with van der Waals surface area (Å²) >= 11 is 6.77. The first kappa shape index (κ1) is 41.3. The summed E-state index contributed by atoms with van der Waals surface area (Å²) in [5.74, 6) is -2.66. The molecule has 8 atom stereocenters. The molecular weight excluding hydrogens is 802 g/mol. The van der Waals surface area contributed by atoms with Crippen LogP contribution in [0.25, 0.3) is 5.57 Å². The number of likely N-dealkylation sites (N-methyl/N-ethyl adjacent to an activating group) is 1. The fourth-order valence-corrected chi connectivity index (χ4v) is 8.90. The van der Waals surface area contributed by atoms with E-state index in [2.05, 4.69) is 11.9 Å². The van der Waals surface area contributed by atoms with E-state index in [-0.39, 0.29) is 51.5 Å². The van der Waals surface area contributed by atoms with Gasteiger partial charge in [0.2, 0.25) is 0 Å². The van der Waals surface area contributed by atoms with Gasteiger partial charge in [0.05, 0.1) is 41.4 Å². The number of phenols is 1. The number of nitrogens with two attached hydrogens (primary N) is 1. The Hall–Kier alpha value is -5.46. The molecule has 0 saturated carbocycles. The molecule has 60 heavy (non-hydrogen) atoms. The summed E-state index contributed by atoms with van der Waals surface area (Å²) in [5.41, 5.74) is 6.07. The number of allylic oxidation sites excluding steroid dienone is 2. The highest BCUT2D eigenvalue weighted by molar-refractivity contribution is 6.32. The molecular formula is C43H44ClN3O13. The van der Waals surface area contributed by atoms with E-state index in [1.165, 1.54) is 31.4 Å². The molecule has 6 N–H and O–H groups in total. The Labute approximate surface area is 349 Å². The van der Waals surface area contributed by atoms with Crippen molar-refractivity contribution < 1.29 is 62.9 Å². The van der Waals surface area contributed by atoms with Gasteiger partial charge < -0.3 is 64.4 Å². The quantitative estimate of drug-likeness (QED) is 0.172. The number of aliphatic hydroxyl groups is 2. The minimum atomic E-state index is -1.55. The number of fused-ring (bicyclic) bond motifs is 2. The third-order valence-corrected chi connectivity index (χ3v) is 11.7. The number of phenolic OH excluding ortho intramolecular Hbond substituents is 1. The number of halogens is 1. The van der Waals surface area contributed by atoms with Crippen LogP contribution in [0.2, 0.25) is 5.02 Å². The van der Waals surface area contributed by atoms with Crippen molar-refractivity contribution in [3.63, 3.8) is 0 Å². The van der Waals surface area contributed by atoms with E-state index in [4.69, 9.17) is 50.5 Å². The molecule has 1 fully saturated rings. The van der Waals surface area contributed by atoms with Gasteiger partial charge in [0, 0.05) is 17.7 Å². The minimum absolute atomic E-state index is 0.00872. The van der Waals surface area contributed by atoms with Crippen LogP contribution < -0.4 is 25.3 Å². The molecule has 0 unspecified atom stereocenters. The summed E-state index contributed by atoms with van der Waals surface area (Å²) in [4.78, 5) is 41.7. The number of nitrogens with one attached hydrogen (secondary N) is 1. The molecule has 0 radical (unpaired) electrons. The van der Waals surface area contributed by atoms with Gasteiger partial charge in [-0.15, -0.1) is 0 Å². The average Bonchev–Trinajstić information content (AvgIpc) is 3.70. The molecule has 2 aliphatic carbocycles. The van der Waals surface area contributed by atoms with Gasteiger partial charge in [-0.2, -0.15) is 0 Å². The number of nitrogens with zero attached hydrogens (tertiary/aromatic N) is 1. The standard InChI is InChI=1S/C43H44ClN3O13/c1-19-39(52)46-33-25(15-22(54-6)16-30(33)56-19)40(53)57-31-18-55-32(49)17-28(45)21-13-27(44)36(29(48)14-21)58-38-23-10-9-20(31)12-24(23)26-8-7-11-43(26,38)60-41-35(51)34(50)37(47(4)5)42(2,3)59-41/h7-16,28,31,34-35,37-38,41,48,50-51H,1,17-18,45H2,2-6H3,(H,46,52)/t28-,31+,34-,35-,37+,38+,41+,43+/m1/s1. The molecule has 17 heteroatoms. The molecule has 1 amide bonds. The average molecular weight is 846 g/mol. The Morgan fingerprint density at radius 1 is 1.08 bits per heavy atom. The summed E-state index contributed by atoms with van der Waals surface area (Å²) in [6.45, 7) is 6.71. The molecule has 6 aliphatic heterocycles. The van der Waals surface area contributed by atoms with Crippen LogP contribution in [0.3, 0.4) is 0 Å². The molecule has 6 bridgehead atoms. The monoisotopic (exact) mass is 845 g/mol. The number of aromatic hydroxyl groups is 1. The number of amides is 1. The lowest BCUT2D eigenvalue weighted by atomic mass is 9.86. The lowest BCUT2D eigenvalue weighted by Crippen LogP contribution is -2.67. The van der Waals surface area contributed by atoms with Crippen molar-refractivity contribution >= 4 is 40.7 Å².